The van der Waals surface area contributed by atoms with Crippen molar-refractivity contribution in [2.45, 2.75) is 17.6 Å². The minimum Gasteiger partial charge on any atom is -0.467 e. The molecule has 0 bridgehead atoms. The molecule has 0 unspecified atom stereocenters. The lowest BCUT2D eigenvalue weighted by atomic mass is 9.72. The molecule has 3 aromatic carbocycles. The molecule has 0 aromatic heterocycles. The van der Waals surface area contributed by atoms with Gasteiger partial charge in [0.05, 0.1) is 12.8 Å². The van der Waals surface area contributed by atoms with Crippen molar-refractivity contribution in [3.8, 4) is 0 Å². The van der Waals surface area contributed by atoms with Crippen LogP contribution in [0.1, 0.15) is 16.7 Å². The molecule has 1 amide bonds. The molecule has 5 rings (SSSR count). The van der Waals surface area contributed by atoms with E-state index in [2.05, 4.69) is 0 Å². The summed E-state index contributed by atoms with van der Waals surface area (Å²) in [5.74, 6) is -0.731. The van der Waals surface area contributed by atoms with Crippen molar-refractivity contribution in [1.29, 1.82) is 0 Å². The number of para-hydroxylation sites is 1. The van der Waals surface area contributed by atoms with Crippen LogP contribution in [0.2, 0.25) is 0 Å². The number of carbonyl (C=O) groups is 2. The maximum atomic E-state index is 13.9. The topological polar surface area (TPSA) is 68.2 Å². The molecule has 0 radical (unpaired) electrons. The number of methoxy groups -OCH3 is 1. The van der Waals surface area contributed by atoms with Crippen molar-refractivity contribution in [2.24, 2.45) is 4.99 Å². The number of hydrogen-bond donors (Lipinski definition) is 0. The summed E-state index contributed by atoms with van der Waals surface area (Å²) in [6.45, 7) is 0. The normalized spacial score (nSPS) is 23.6. The van der Waals surface area contributed by atoms with Crippen molar-refractivity contribution in [2.75, 3.05) is 19.1 Å². The Balaban J connectivity index is 1.81. The van der Waals surface area contributed by atoms with Crippen LogP contribution in [0.15, 0.2) is 89.9 Å². The fourth-order valence-corrected chi connectivity index (χ4v) is 4.72. The third kappa shape index (κ3) is 2.62. The van der Waals surface area contributed by atoms with Gasteiger partial charge in [-0.2, -0.15) is 0 Å². The Morgan fingerprint density at radius 2 is 1.59 bits per heavy atom. The number of aliphatic imine (C=N–C) groups is 1. The molecule has 32 heavy (non-hydrogen) atoms. The zero-order valence-corrected chi connectivity index (χ0v) is 17.8. The van der Waals surface area contributed by atoms with Crippen LogP contribution in [-0.2, 0) is 31.1 Å². The lowest BCUT2D eigenvalue weighted by Crippen LogP contribution is -2.60. The maximum Gasteiger partial charge on any atom is 0.339 e. The van der Waals surface area contributed by atoms with Crippen molar-refractivity contribution >= 4 is 23.5 Å². The predicted molar refractivity (Wildman–Crippen MR) is 120 cm³/mol. The summed E-state index contributed by atoms with van der Waals surface area (Å²) in [7, 11) is 3.00. The first kappa shape index (κ1) is 20.0. The second kappa shape index (κ2) is 7.34. The highest BCUT2D eigenvalue weighted by molar-refractivity contribution is 6.15. The Morgan fingerprint density at radius 1 is 0.969 bits per heavy atom. The van der Waals surface area contributed by atoms with Crippen molar-refractivity contribution in [3.05, 3.63) is 102 Å². The van der Waals surface area contributed by atoms with Crippen LogP contribution >= 0.6 is 0 Å². The number of nitrogens with zero attached hydrogens (tertiary/aromatic N) is 2. The van der Waals surface area contributed by atoms with Crippen LogP contribution < -0.4 is 4.90 Å². The zero-order valence-electron chi connectivity index (χ0n) is 17.8. The average molecular weight is 426 g/mol. The molecular formula is C26H22N2O4. The predicted octanol–water partition coefficient (Wildman–Crippen LogP) is 3.49. The van der Waals surface area contributed by atoms with Gasteiger partial charge in [-0.25, -0.2) is 9.79 Å². The van der Waals surface area contributed by atoms with E-state index in [1.54, 1.807) is 7.05 Å². The number of likely N-dealkylation sites (N-methyl/N-ethyl adjacent to an activating group) is 1. The number of amides is 1. The van der Waals surface area contributed by atoms with Gasteiger partial charge in [0.2, 0.25) is 11.4 Å². The molecule has 6 heteroatoms. The molecule has 0 fully saturated rings. The van der Waals surface area contributed by atoms with Gasteiger partial charge in [0.25, 0.3) is 11.5 Å². The molecule has 160 valence electrons. The molecule has 6 nitrogen and oxygen atoms in total. The highest BCUT2D eigenvalue weighted by Crippen LogP contribution is 2.55. The smallest absolute Gasteiger partial charge is 0.339 e. The van der Waals surface area contributed by atoms with Crippen LogP contribution in [0.25, 0.3) is 0 Å². The van der Waals surface area contributed by atoms with Crippen LogP contribution in [0.4, 0.5) is 5.69 Å². The Labute approximate surface area is 186 Å². The summed E-state index contributed by atoms with van der Waals surface area (Å²) in [5, 5.41) is 0. The Hall–Kier alpha value is -3.93. The number of hydrogen-bond acceptors (Lipinski definition) is 5. The van der Waals surface area contributed by atoms with E-state index in [0.717, 1.165) is 5.56 Å². The number of fused-ring (bicyclic) bond motifs is 2. The van der Waals surface area contributed by atoms with E-state index >= 15 is 0 Å². The largest absolute Gasteiger partial charge is 0.467 e. The maximum absolute atomic E-state index is 13.9. The quantitative estimate of drug-likeness (QED) is 0.599. The Bertz CT molecular complexity index is 1220. The average Bonchev–Trinajstić information content (AvgIpc) is 3.30. The first-order chi connectivity index (χ1) is 15.5. The first-order valence-electron chi connectivity index (χ1n) is 10.4. The molecular weight excluding hydrogens is 404 g/mol. The second-order valence-electron chi connectivity index (χ2n) is 7.96. The Morgan fingerprint density at radius 3 is 2.28 bits per heavy atom. The van der Waals surface area contributed by atoms with Crippen LogP contribution in [0, 0.1) is 0 Å². The van der Waals surface area contributed by atoms with Gasteiger partial charge in [-0.15, -0.1) is 0 Å². The van der Waals surface area contributed by atoms with Crippen molar-refractivity contribution < 1.29 is 19.1 Å². The van der Waals surface area contributed by atoms with Gasteiger partial charge >= 0.3 is 5.97 Å². The minimum absolute atomic E-state index is 0.144. The van der Waals surface area contributed by atoms with E-state index < -0.39 is 17.1 Å². The standard InChI is InChI=1S/C26H22N2O4/c1-28-21-16-10-9-15-20(21)26(23(28)29)25(24(30)31-2,17-18-11-5-3-6-12-18)27-22(32-26)19-13-7-4-8-14-19/h3-16H,17H2,1-2H3/t25-,26-/m1/s1. The fraction of sp³-hybridized carbons (Fsp3) is 0.192. The fourth-order valence-electron chi connectivity index (χ4n) is 4.72. The summed E-state index contributed by atoms with van der Waals surface area (Å²) in [6.07, 6.45) is 0.144. The Kier molecular flexibility index (Phi) is 4.59. The van der Waals surface area contributed by atoms with E-state index in [1.807, 2.05) is 84.9 Å². The summed E-state index contributed by atoms with van der Waals surface area (Å²) >= 11 is 0. The molecule has 2 aliphatic heterocycles. The van der Waals surface area contributed by atoms with Gasteiger partial charge in [-0.3, -0.25) is 4.79 Å². The highest BCUT2D eigenvalue weighted by atomic mass is 16.6. The number of carbonyl (C=O) groups excluding carboxylic acids is 2. The van der Waals surface area contributed by atoms with Crippen LogP contribution in [-0.4, -0.2) is 37.5 Å². The number of anilines is 1. The molecule has 0 saturated carbocycles. The van der Waals surface area contributed by atoms with Gasteiger partial charge in [-0.05, 0) is 23.8 Å². The monoisotopic (exact) mass is 426 g/mol. The third-order valence-corrected chi connectivity index (χ3v) is 6.22. The SMILES string of the molecule is COC(=O)[C@@]1(Cc2ccccc2)N=C(c2ccccc2)O[C@]12C(=O)N(C)c1ccccc12. The molecule has 2 aliphatic rings. The molecule has 2 heterocycles. The van der Waals surface area contributed by atoms with Gasteiger partial charge in [-0.1, -0.05) is 66.7 Å². The number of ether oxygens (including phenoxy) is 2. The first-order valence-corrected chi connectivity index (χ1v) is 10.4. The van der Waals surface area contributed by atoms with Crippen molar-refractivity contribution in [3.63, 3.8) is 0 Å². The van der Waals surface area contributed by atoms with Crippen LogP contribution in [0.3, 0.4) is 0 Å². The second-order valence-corrected chi connectivity index (χ2v) is 7.96. The van der Waals surface area contributed by atoms with E-state index in [0.29, 0.717) is 16.8 Å². The molecule has 0 N–H and O–H groups in total. The summed E-state index contributed by atoms with van der Waals surface area (Å²) in [5.41, 5.74) is -0.491. The molecule has 3 aromatic rings. The summed E-state index contributed by atoms with van der Waals surface area (Å²) in [6, 6.07) is 26.1. The summed E-state index contributed by atoms with van der Waals surface area (Å²) in [4.78, 5) is 33.8. The minimum atomic E-state index is -1.67. The molecule has 0 aliphatic carbocycles. The highest BCUT2D eigenvalue weighted by Gasteiger charge is 2.73. The van der Waals surface area contributed by atoms with Crippen LogP contribution in [0.5, 0.6) is 0 Å². The van der Waals surface area contributed by atoms with E-state index in [9.17, 15) is 9.59 Å². The van der Waals surface area contributed by atoms with E-state index in [-0.39, 0.29) is 18.2 Å². The van der Waals surface area contributed by atoms with Gasteiger partial charge in [0, 0.05) is 24.6 Å². The molecule has 0 saturated heterocycles. The number of esters is 1. The molecule has 1 spiro atoms. The van der Waals surface area contributed by atoms with Crippen molar-refractivity contribution in [1.82, 2.24) is 0 Å². The van der Waals surface area contributed by atoms with Gasteiger partial charge in [0.1, 0.15) is 0 Å². The number of rotatable bonds is 4. The van der Waals surface area contributed by atoms with Gasteiger partial charge < -0.3 is 14.4 Å². The van der Waals surface area contributed by atoms with E-state index in [1.165, 1.54) is 12.0 Å². The lowest BCUT2D eigenvalue weighted by Gasteiger charge is -2.36. The number of benzene rings is 3. The molecule has 2 atom stereocenters. The third-order valence-electron chi connectivity index (χ3n) is 6.22. The summed E-state index contributed by atoms with van der Waals surface area (Å²) < 4.78 is 11.8. The lowest BCUT2D eigenvalue weighted by molar-refractivity contribution is -0.161. The van der Waals surface area contributed by atoms with E-state index in [4.69, 9.17) is 14.5 Å². The van der Waals surface area contributed by atoms with Gasteiger partial charge in [0.15, 0.2) is 0 Å². The zero-order chi connectivity index (χ0) is 22.3.